The molecule has 0 aromatic heterocycles. The van der Waals surface area contributed by atoms with Crippen molar-refractivity contribution in [2.45, 2.75) is 97.7 Å². The molecule has 204 valence electrons. The molecule has 0 radical (unpaired) electrons. The smallest absolute Gasteiger partial charge is 0.302 e. The van der Waals surface area contributed by atoms with Gasteiger partial charge < -0.3 is 19.2 Å². The van der Waals surface area contributed by atoms with Crippen molar-refractivity contribution in [1.82, 2.24) is 0 Å². The van der Waals surface area contributed by atoms with E-state index in [9.17, 15) is 32.5 Å². The summed E-state index contributed by atoms with van der Waals surface area (Å²) in [6.07, 6.45) is 2.95. The second kappa shape index (κ2) is 9.66. The van der Waals surface area contributed by atoms with Gasteiger partial charge in [0.25, 0.3) is 0 Å². The molecular weight excluding hydrogens is 488 g/mol. The van der Waals surface area contributed by atoms with Crippen LogP contribution in [0.4, 0.5) is 0 Å². The molecule has 0 spiro atoms. The van der Waals surface area contributed by atoms with E-state index in [-0.39, 0.29) is 53.1 Å². The van der Waals surface area contributed by atoms with Crippen molar-refractivity contribution in [3.8, 4) is 0 Å². The fraction of sp³-hybridized carbons (Fsp3) is 0.885. The maximum Gasteiger partial charge on any atom is 0.302 e. The van der Waals surface area contributed by atoms with Gasteiger partial charge in [0, 0.05) is 31.1 Å². The van der Waals surface area contributed by atoms with Gasteiger partial charge in [-0.1, -0.05) is 20.8 Å². The zero-order chi connectivity index (χ0) is 26.6. The number of hydrogen-bond acceptors (Lipinski definition) is 9. The Labute approximate surface area is 213 Å². The van der Waals surface area contributed by atoms with Crippen molar-refractivity contribution in [2.24, 2.45) is 46.3 Å². The maximum absolute atomic E-state index is 12.3. The number of rotatable bonds is 7. The average Bonchev–Trinajstić information content (AvgIpc) is 3.10. The van der Waals surface area contributed by atoms with Gasteiger partial charge in [-0.05, 0) is 85.9 Å². The van der Waals surface area contributed by atoms with Gasteiger partial charge in [0.05, 0.1) is 6.10 Å². The highest BCUT2D eigenvalue weighted by Crippen LogP contribution is 2.69. The van der Waals surface area contributed by atoms with E-state index in [2.05, 4.69) is 13.8 Å². The largest absolute Gasteiger partial charge is 0.726 e. The molecule has 4 fully saturated rings. The van der Waals surface area contributed by atoms with Gasteiger partial charge in [0.1, 0.15) is 11.9 Å². The topological polar surface area (TPSA) is 150 Å². The van der Waals surface area contributed by atoms with E-state index >= 15 is 0 Å². The summed E-state index contributed by atoms with van der Waals surface area (Å²) in [5.74, 6) is -1.77. The third-order valence-corrected chi connectivity index (χ3v) is 11.1. The number of fused-ring (bicyclic) bond motifs is 5. The van der Waals surface area contributed by atoms with Crippen molar-refractivity contribution in [3.63, 3.8) is 0 Å². The van der Waals surface area contributed by atoms with Crippen LogP contribution < -0.4 is 5.11 Å². The van der Waals surface area contributed by atoms with E-state index in [0.717, 1.165) is 12.8 Å². The molecule has 0 unspecified atom stereocenters. The lowest BCUT2D eigenvalue weighted by atomic mass is 9.43. The summed E-state index contributed by atoms with van der Waals surface area (Å²) in [6.45, 7) is 7.63. The second-order valence-corrected chi connectivity index (χ2v) is 13.3. The van der Waals surface area contributed by atoms with Crippen molar-refractivity contribution in [2.75, 3.05) is 0 Å². The fourth-order valence-electron chi connectivity index (χ4n) is 9.07. The van der Waals surface area contributed by atoms with E-state index in [1.54, 1.807) is 0 Å². The number of ether oxygens (including phenoxy) is 1. The molecule has 10 atom stereocenters. The van der Waals surface area contributed by atoms with Crippen LogP contribution in [0.25, 0.3) is 0 Å². The van der Waals surface area contributed by atoms with Gasteiger partial charge in [-0.3, -0.25) is 13.8 Å². The van der Waals surface area contributed by atoms with Crippen LogP contribution in [0, 0.1) is 46.3 Å². The normalized spacial score (nSPS) is 43.1. The zero-order valence-corrected chi connectivity index (χ0v) is 22.4. The number of Topliss-reactive ketones (excluding diaryl/α,β-unsaturated/α-hetero) is 1. The molecule has 0 aliphatic heterocycles. The van der Waals surface area contributed by atoms with E-state index in [1.807, 2.05) is 6.92 Å². The van der Waals surface area contributed by atoms with Gasteiger partial charge in [-0.25, -0.2) is 8.42 Å². The fourth-order valence-corrected chi connectivity index (χ4v) is 9.58. The van der Waals surface area contributed by atoms with Crippen LogP contribution in [0.1, 0.15) is 85.5 Å². The molecule has 4 saturated carbocycles. The Hall–Kier alpha value is -1.52. The van der Waals surface area contributed by atoms with Crippen molar-refractivity contribution >= 4 is 28.1 Å². The summed E-state index contributed by atoms with van der Waals surface area (Å²) in [6, 6.07) is 0. The first kappa shape index (κ1) is 27.5. The summed E-state index contributed by atoms with van der Waals surface area (Å²) in [5, 5.41) is 11.1. The molecule has 10 heteroatoms. The molecule has 36 heavy (non-hydrogen) atoms. The molecule has 0 aromatic rings. The number of ketones is 1. The summed E-state index contributed by atoms with van der Waals surface area (Å²) >= 11 is 0. The first-order valence-corrected chi connectivity index (χ1v) is 14.5. The first-order valence-electron chi connectivity index (χ1n) is 13.2. The Balaban J connectivity index is 1.77. The highest BCUT2D eigenvalue weighted by molar-refractivity contribution is 7.80. The Kier molecular flexibility index (Phi) is 7.38. The van der Waals surface area contributed by atoms with E-state index < -0.39 is 40.0 Å². The van der Waals surface area contributed by atoms with E-state index in [0.29, 0.717) is 38.5 Å². The van der Waals surface area contributed by atoms with Crippen LogP contribution in [0.5, 0.6) is 0 Å². The minimum absolute atomic E-state index is 0.0225. The lowest BCUT2D eigenvalue weighted by molar-refractivity contribution is -0.306. The zero-order valence-electron chi connectivity index (χ0n) is 21.6. The lowest BCUT2D eigenvalue weighted by Gasteiger charge is -2.63. The maximum atomic E-state index is 12.3. The number of carbonyl (C=O) groups excluding carboxylic acids is 3. The minimum atomic E-state index is -4.97. The number of esters is 1. The van der Waals surface area contributed by atoms with Gasteiger partial charge in [-0.2, -0.15) is 0 Å². The summed E-state index contributed by atoms with van der Waals surface area (Å²) < 4.78 is 46.6. The lowest BCUT2D eigenvalue weighted by Crippen LogP contribution is -2.63. The highest BCUT2D eigenvalue weighted by Gasteiger charge is 2.67. The average molecular weight is 527 g/mol. The van der Waals surface area contributed by atoms with Crippen LogP contribution in [0.3, 0.4) is 0 Å². The monoisotopic (exact) mass is 526 g/mol. The van der Waals surface area contributed by atoms with Crippen LogP contribution in [0.15, 0.2) is 0 Å². The number of carboxylic acid groups (broad SMARTS) is 1. The summed E-state index contributed by atoms with van der Waals surface area (Å²) in [5.41, 5.74) is -0.788. The molecule has 4 aliphatic carbocycles. The molecule has 0 heterocycles. The van der Waals surface area contributed by atoms with Crippen molar-refractivity contribution < 1.29 is 41.4 Å². The molecule has 9 nitrogen and oxygen atoms in total. The Morgan fingerprint density at radius 2 is 1.86 bits per heavy atom. The number of carbonyl (C=O) groups is 3. The standard InChI is InChI=1S/C26H40O9S/c1-14(5-8-23(29)30)18-6-7-19-24-20(13-22(26(18,19)4)34-15(2)27)25(3)10-9-17(28)11-16(25)12-21(24)35-36(31,32)33/h14,16,18-22,24H,5-13H2,1-4H3,(H,29,30)(H,31,32,33)/p-2/t14-,16+,18-,19+,20+,21-,22+,24+,25+,26-/m1/s1. The predicted molar refractivity (Wildman–Crippen MR) is 125 cm³/mol. The summed E-state index contributed by atoms with van der Waals surface area (Å²) in [7, 11) is -4.97. The van der Waals surface area contributed by atoms with Crippen molar-refractivity contribution in [3.05, 3.63) is 0 Å². The van der Waals surface area contributed by atoms with Crippen LogP contribution in [-0.2, 0) is 33.7 Å². The number of aliphatic carboxylic acids is 1. The minimum Gasteiger partial charge on any atom is -0.726 e. The van der Waals surface area contributed by atoms with E-state index in [1.165, 1.54) is 6.92 Å². The molecule has 0 aromatic carbocycles. The predicted octanol–water partition coefficient (Wildman–Crippen LogP) is 2.38. The van der Waals surface area contributed by atoms with Crippen molar-refractivity contribution in [1.29, 1.82) is 0 Å². The van der Waals surface area contributed by atoms with Crippen LogP contribution in [-0.4, -0.2) is 42.9 Å². The quantitative estimate of drug-likeness (QED) is 0.277. The first-order chi connectivity index (χ1) is 16.7. The van der Waals surface area contributed by atoms with Gasteiger partial charge in [0.2, 0.25) is 10.4 Å². The number of hydrogen-bond donors (Lipinski definition) is 0. The van der Waals surface area contributed by atoms with Gasteiger partial charge >= 0.3 is 5.97 Å². The Bertz CT molecular complexity index is 1010. The molecule has 0 amide bonds. The second-order valence-electron chi connectivity index (χ2n) is 12.3. The van der Waals surface area contributed by atoms with Gasteiger partial charge in [-0.15, -0.1) is 0 Å². The third-order valence-electron chi connectivity index (χ3n) is 10.7. The number of carboxylic acids is 1. The molecular formula is C26H38O9S-2. The molecule has 0 saturated heterocycles. The Morgan fingerprint density at radius 3 is 2.47 bits per heavy atom. The Morgan fingerprint density at radius 1 is 1.17 bits per heavy atom. The van der Waals surface area contributed by atoms with Crippen LogP contribution in [0.2, 0.25) is 0 Å². The van der Waals surface area contributed by atoms with Crippen LogP contribution >= 0.6 is 0 Å². The molecule has 0 bridgehead atoms. The molecule has 4 aliphatic rings. The van der Waals surface area contributed by atoms with Gasteiger partial charge in [0.15, 0.2) is 0 Å². The highest BCUT2D eigenvalue weighted by atomic mass is 32.3. The van der Waals surface area contributed by atoms with E-state index in [4.69, 9.17) is 8.92 Å². The summed E-state index contributed by atoms with van der Waals surface area (Å²) in [4.78, 5) is 35.7. The third kappa shape index (κ3) is 4.85. The SMILES string of the molecule is CC(=O)O[C@H]1C[C@H]2[C@@H]([C@H](OS(=O)(=O)[O-])C[C@@H]3CC(=O)CC[C@@]32C)[C@@H]2CC[C@H]([C@H](C)CCC(=O)[O-])[C@@]12C. The molecule has 0 N–H and O–H groups in total. The molecule has 4 rings (SSSR count).